The molecular formula is C38H22Ag2F6N6O8S2. The minimum atomic E-state index is -6.09. The van der Waals surface area contributed by atoms with E-state index in [1.807, 2.05) is 84.9 Å². The second kappa shape index (κ2) is 20.9. The molecule has 8 rings (SSSR count). The fraction of sp³-hybridized carbons (Fsp3) is 0.0526. The number of nitrogens with one attached hydrogen (secondary N) is 2. The number of aromatic amines is 2. The molecule has 14 nitrogen and oxygen atoms in total. The molecule has 4 aromatic rings. The minimum Gasteiger partial charge on any atom is -0.741 e. The van der Waals surface area contributed by atoms with Gasteiger partial charge in [-0.3, -0.25) is 5.10 Å². The van der Waals surface area contributed by atoms with Gasteiger partial charge >= 0.3 is 55.8 Å². The third-order valence-electron chi connectivity index (χ3n) is 7.92. The number of rotatable bonds is 4. The molecule has 0 unspecified atom stereocenters. The number of alkyl halides is 6. The molecule has 0 radical (unpaired) electrons. The van der Waals surface area contributed by atoms with Crippen molar-refractivity contribution in [3.8, 4) is 79.8 Å². The SMILES string of the molecule is N#Cc1ccc(-c2n[nH+][c-](-[c-]3ccc[o+]3)c3cccc2-3)cc1.N#Cc1ccc(-c2n[nH]c(-c3ccco3)c3cccc2-3)cc1.O=S(=O)([O-])C(F)(F)F.O=S(=O)([O-])C(F)(F)F.[Ag+].[Ag+]. The van der Waals surface area contributed by atoms with Gasteiger partial charge in [0.05, 0.1) is 40.9 Å². The van der Waals surface area contributed by atoms with Crippen LogP contribution in [0.1, 0.15) is 11.1 Å². The molecule has 4 heterocycles. The maximum Gasteiger partial charge on any atom is 1.00 e. The molecule has 328 valence electrons. The quantitative estimate of drug-likeness (QED) is 0.0441. The monoisotopic (exact) mass is 1080 g/mol. The van der Waals surface area contributed by atoms with E-state index in [2.05, 4.69) is 32.5 Å². The number of nitrogens with zero attached hydrogens (tertiary/aromatic N) is 4. The molecule has 62 heavy (non-hydrogen) atoms. The molecule has 0 bridgehead atoms. The van der Waals surface area contributed by atoms with Crippen LogP contribution in [-0.2, 0) is 65.0 Å². The van der Waals surface area contributed by atoms with Gasteiger partial charge in [0.25, 0.3) is 5.76 Å². The van der Waals surface area contributed by atoms with Crippen LogP contribution in [0.4, 0.5) is 26.3 Å². The van der Waals surface area contributed by atoms with Gasteiger partial charge in [0.15, 0.2) is 38.0 Å². The topological polar surface area (TPSA) is 242 Å². The molecule has 2 N–H and O–H groups in total. The van der Waals surface area contributed by atoms with Crippen molar-refractivity contribution < 1.29 is 111 Å². The van der Waals surface area contributed by atoms with Gasteiger partial charge < -0.3 is 17.9 Å². The summed E-state index contributed by atoms with van der Waals surface area (Å²) in [6.07, 6.45) is 3.29. The molecule has 0 atom stereocenters. The van der Waals surface area contributed by atoms with Crippen LogP contribution in [0.2, 0.25) is 0 Å². The Morgan fingerprint density at radius 2 is 1.19 bits per heavy atom. The smallest absolute Gasteiger partial charge is 0.741 e. The van der Waals surface area contributed by atoms with E-state index in [4.69, 9.17) is 45.3 Å². The number of aromatic nitrogens is 4. The fourth-order valence-electron chi connectivity index (χ4n) is 5.22. The van der Waals surface area contributed by atoms with Gasteiger partial charge in [-0.1, -0.05) is 42.5 Å². The van der Waals surface area contributed by atoms with Crippen molar-refractivity contribution in [1.29, 1.82) is 10.5 Å². The van der Waals surface area contributed by atoms with E-state index in [9.17, 15) is 26.3 Å². The second-order valence-corrected chi connectivity index (χ2v) is 14.5. The second-order valence-electron chi connectivity index (χ2n) is 11.7. The first-order valence-electron chi connectivity index (χ1n) is 16.3. The molecule has 2 aliphatic heterocycles. The molecule has 0 saturated carbocycles. The van der Waals surface area contributed by atoms with Crippen molar-refractivity contribution in [2.24, 2.45) is 0 Å². The Labute approximate surface area is 378 Å². The summed E-state index contributed by atoms with van der Waals surface area (Å²) in [7, 11) is -12.2. The molecular weight excluding hydrogens is 1060 g/mol. The van der Waals surface area contributed by atoms with Crippen LogP contribution in [0.3, 0.4) is 0 Å². The molecule has 0 amide bonds. The van der Waals surface area contributed by atoms with E-state index in [0.717, 1.165) is 67.7 Å². The maximum atomic E-state index is 10.7. The molecule has 2 aromatic carbocycles. The Kier molecular flexibility index (Phi) is 17.0. The molecule has 24 heteroatoms. The maximum absolute atomic E-state index is 10.7. The average Bonchev–Trinajstić information content (AvgIpc) is 4.05. The summed E-state index contributed by atoms with van der Waals surface area (Å²) in [5.41, 5.74) is -0.407. The van der Waals surface area contributed by atoms with Crippen LogP contribution in [-0.4, -0.2) is 52.3 Å². The Morgan fingerprint density at radius 3 is 1.66 bits per heavy atom. The van der Waals surface area contributed by atoms with Crippen LogP contribution in [0, 0.1) is 22.7 Å². The predicted molar refractivity (Wildman–Crippen MR) is 195 cm³/mol. The Hall–Kier alpha value is -5.76. The standard InChI is InChI=1S/2C18H11N3O.2CHF3O3S.2Ag/c2*19-11-12-6-8-13(9-7-12)17-14-3-1-4-15(14)18(21-20-17)16-5-2-10-22-16;2*2-1(3,4)8(5,6)7;;/h2*1-10,21H;2*(H,5,6,7);;/q;;;;2*+1/p-2. The largest absolute Gasteiger partial charge is 1.00 e. The first kappa shape index (κ1) is 50.6. The van der Waals surface area contributed by atoms with Crippen molar-refractivity contribution in [3.05, 3.63) is 133 Å². The van der Waals surface area contributed by atoms with Crippen molar-refractivity contribution >= 4 is 20.2 Å². The zero-order chi connectivity index (χ0) is 43.9. The van der Waals surface area contributed by atoms with Gasteiger partial charge in [0.2, 0.25) is 0 Å². The van der Waals surface area contributed by atoms with E-state index >= 15 is 0 Å². The third-order valence-corrected chi connectivity index (χ3v) is 9.05. The van der Waals surface area contributed by atoms with E-state index in [1.165, 1.54) is 0 Å². The number of halogens is 6. The van der Waals surface area contributed by atoms with E-state index in [1.54, 1.807) is 36.8 Å². The summed E-state index contributed by atoms with van der Waals surface area (Å²) in [6, 6.07) is 38.8. The minimum absolute atomic E-state index is 0. The van der Waals surface area contributed by atoms with Crippen molar-refractivity contribution in [2.75, 3.05) is 0 Å². The molecule has 2 aliphatic carbocycles. The molecule has 0 saturated heterocycles. The Morgan fingerprint density at radius 1 is 0.694 bits per heavy atom. The van der Waals surface area contributed by atoms with E-state index < -0.39 is 31.3 Å². The summed E-state index contributed by atoms with van der Waals surface area (Å²) < 4.78 is 129. The molecule has 0 spiro atoms. The van der Waals surface area contributed by atoms with Crippen LogP contribution in [0.5, 0.6) is 0 Å². The van der Waals surface area contributed by atoms with Crippen LogP contribution in [0.15, 0.2) is 131 Å². The Balaban J connectivity index is 0.000000241. The number of hydrogen-bond donors (Lipinski definition) is 1. The molecule has 4 aliphatic rings. The van der Waals surface area contributed by atoms with Crippen molar-refractivity contribution in [1.82, 2.24) is 15.3 Å². The van der Waals surface area contributed by atoms with Gasteiger partial charge in [-0.2, -0.15) is 48.0 Å². The van der Waals surface area contributed by atoms with Crippen molar-refractivity contribution in [2.45, 2.75) is 11.0 Å². The number of nitriles is 2. The van der Waals surface area contributed by atoms with Gasteiger partial charge in [0.1, 0.15) is 5.69 Å². The number of benzene rings is 2. The van der Waals surface area contributed by atoms with Crippen LogP contribution >= 0.6 is 0 Å². The van der Waals surface area contributed by atoms with Gasteiger partial charge in [0, 0.05) is 16.7 Å². The Bertz CT molecular complexity index is 2730. The van der Waals surface area contributed by atoms with E-state index in [0.29, 0.717) is 11.1 Å². The summed E-state index contributed by atoms with van der Waals surface area (Å²) >= 11 is 0. The number of fused-ring (bicyclic) bond motifs is 2. The average molecular weight is 1080 g/mol. The normalized spacial score (nSPS) is 11.2. The number of furan rings is 2. The number of hydrogen-bond acceptors (Lipinski definition) is 11. The summed E-state index contributed by atoms with van der Waals surface area (Å²) in [4.78, 5) is 0. The molecule has 0 fully saturated rings. The van der Waals surface area contributed by atoms with E-state index in [-0.39, 0.29) is 44.8 Å². The summed E-state index contributed by atoms with van der Waals surface area (Å²) in [6.45, 7) is 0. The van der Waals surface area contributed by atoms with Gasteiger partial charge in [-0.05, 0) is 47.1 Å². The summed E-state index contributed by atoms with van der Waals surface area (Å²) in [5.74, 6) is 1.52. The first-order chi connectivity index (χ1) is 28.2. The zero-order valence-electron chi connectivity index (χ0n) is 30.3. The van der Waals surface area contributed by atoms with Crippen molar-refractivity contribution in [3.63, 3.8) is 0 Å². The fourth-order valence-corrected chi connectivity index (χ4v) is 5.22. The first-order valence-corrected chi connectivity index (χ1v) is 19.1. The van der Waals surface area contributed by atoms with Crippen LogP contribution in [0.25, 0.3) is 67.7 Å². The van der Waals surface area contributed by atoms with Gasteiger partial charge in [-0.25, -0.2) is 16.8 Å². The number of H-pyrrole nitrogens is 2. The summed E-state index contributed by atoms with van der Waals surface area (Å²) in [5, 5.41) is 33.0. The van der Waals surface area contributed by atoms with Gasteiger partial charge in [-0.15, -0.1) is 40.5 Å². The third kappa shape index (κ3) is 12.2. The molecule has 2 aromatic heterocycles. The predicted octanol–water partition coefficient (Wildman–Crippen LogP) is 7.93. The zero-order valence-corrected chi connectivity index (χ0v) is 34.9. The van der Waals surface area contributed by atoms with Crippen LogP contribution < -0.4 is 5.10 Å².